The molecule has 0 aliphatic carbocycles. The molecule has 4 nitrogen and oxygen atoms in total. The number of ether oxygens (including phenoxy) is 1. The highest BCUT2D eigenvalue weighted by Crippen LogP contribution is 2.30. The largest absolute Gasteiger partial charge is 0.496 e. The third kappa shape index (κ3) is 1.68. The fourth-order valence-corrected chi connectivity index (χ4v) is 2.44. The molecule has 2 aromatic heterocycles. The van der Waals surface area contributed by atoms with Crippen LogP contribution in [0.4, 0.5) is 0 Å². The van der Waals surface area contributed by atoms with Gasteiger partial charge in [0, 0.05) is 11.5 Å². The van der Waals surface area contributed by atoms with E-state index in [-0.39, 0.29) is 5.63 Å². The zero-order chi connectivity index (χ0) is 13.6. The summed E-state index contributed by atoms with van der Waals surface area (Å²) in [4.78, 5) is 16.5. The van der Waals surface area contributed by atoms with Gasteiger partial charge in [0.15, 0.2) is 0 Å². The summed E-state index contributed by atoms with van der Waals surface area (Å²) < 4.78 is 10.5. The molecule has 0 aliphatic heterocycles. The van der Waals surface area contributed by atoms with Crippen molar-refractivity contribution < 1.29 is 9.15 Å². The lowest BCUT2D eigenvalue weighted by Crippen LogP contribution is -2.04. The number of hydrogen-bond acceptors (Lipinski definition) is 4. The van der Waals surface area contributed by atoms with Crippen LogP contribution in [0.1, 0.15) is 11.3 Å². The van der Waals surface area contributed by atoms with Crippen molar-refractivity contribution in [3.05, 3.63) is 46.0 Å². The van der Waals surface area contributed by atoms with Crippen molar-refractivity contribution in [2.75, 3.05) is 7.11 Å². The van der Waals surface area contributed by atoms with E-state index in [0.29, 0.717) is 22.4 Å². The molecular formula is C15H13NO3. The van der Waals surface area contributed by atoms with Crippen LogP contribution in [0.15, 0.2) is 33.5 Å². The maximum Gasteiger partial charge on any atom is 0.345 e. The third-order valence-corrected chi connectivity index (χ3v) is 3.27. The average molecular weight is 255 g/mol. The summed E-state index contributed by atoms with van der Waals surface area (Å²) >= 11 is 0. The Morgan fingerprint density at radius 3 is 2.68 bits per heavy atom. The van der Waals surface area contributed by atoms with Crippen molar-refractivity contribution in [3.8, 4) is 5.75 Å². The van der Waals surface area contributed by atoms with Crippen LogP contribution in [-0.2, 0) is 0 Å². The summed E-state index contributed by atoms with van der Waals surface area (Å²) in [5.41, 5.74) is 1.96. The van der Waals surface area contributed by atoms with Gasteiger partial charge in [-0.15, -0.1) is 0 Å². The van der Waals surface area contributed by atoms with E-state index in [0.717, 1.165) is 16.5 Å². The van der Waals surface area contributed by atoms with Gasteiger partial charge in [-0.2, -0.15) is 0 Å². The molecule has 0 spiro atoms. The van der Waals surface area contributed by atoms with Crippen LogP contribution in [0.5, 0.6) is 5.75 Å². The van der Waals surface area contributed by atoms with Gasteiger partial charge >= 0.3 is 5.63 Å². The van der Waals surface area contributed by atoms with Crippen LogP contribution >= 0.6 is 0 Å². The highest BCUT2D eigenvalue weighted by Gasteiger charge is 2.13. The van der Waals surface area contributed by atoms with E-state index in [2.05, 4.69) is 4.98 Å². The number of aryl methyl sites for hydroxylation is 2. The van der Waals surface area contributed by atoms with Gasteiger partial charge in [0.05, 0.1) is 23.5 Å². The molecule has 1 aromatic carbocycles. The van der Waals surface area contributed by atoms with E-state index in [1.165, 1.54) is 0 Å². The van der Waals surface area contributed by atoms with E-state index in [9.17, 15) is 4.79 Å². The molecule has 2 heterocycles. The van der Waals surface area contributed by atoms with Crippen LogP contribution in [0.3, 0.4) is 0 Å². The number of nitrogens with zero attached hydrogens (tertiary/aromatic N) is 1. The Morgan fingerprint density at radius 2 is 1.95 bits per heavy atom. The van der Waals surface area contributed by atoms with Crippen molar-refractivity contribution in [3.63, 3.8) is 0 Å². The lowest BCUT2D eigenvalue weighted by Gasteiger charge is -2.09. The Morgan fingerprint density at radius 1 is 1.16 bits per heavy atom. The Kier molecular flexibility index (Phi) is 2.52. The minimum atomic E-state index is -0.354. The highest BCUT2D eigenvalue weighted by molar-refractivity contribution is 5.99. The SMILES string of the molecule is COc1cccc2nc3cc(C)oc(=O)c3c(C)c12. The number of methoxy groups -OCH3 is 1. The fraction of sp³-hybridized carbons (Fsp3) is 0.200. The summed E-state index contributed by atoms with van der Waals surface area (Å²) in [6, 6.07) is 7.44. The van der Waals surface area contributed by atoms with Crippen molar-refractivity contribution in [2.45, 2.75) is 13.8 Å². The molecule has 3 rings (SSSR count). The summed E-state index contributed by atoms with van der Waals surface area (Å²) in [6.07, 6.45) is 0. The van der Waals surface area contributed by atoms with Crippen LogP contribution in [0.25, 0.3) is 21.8 Å². The molecule has 0 radical (unpaired) electrons. The summed E-state index contributed by atoms with van der Waals surface area (Å²) in [5, 5.41) is 1.37. The number of hydrogen-bond donors (Lipinski definition) is 0. The smallest absolute Gasteiger partial charge is 0.345 e. The second-order valence-electron chi connectivity index (χ2n) is 4.50. The third-order valence-electron chi connectivity index (χ3n) is 3.27. The van der Waals surface area contributed by atoms with Gasteiger partial charge in [0.2, 0.25) is 0 Å². The standard InChI is InChI=1S/C15H13NO3/c1-8-7-11-14(15(17)19-8)9(2)13-10(16-11)5-4-6-12(13)18-3/h4-7H,1-3H3. The number of pyridine rings is 1. The molecule has 0 aliphatic rings. The Hall–Kier alpha value is -2.36. The van der Waals surface area contributed by atoms with Gasteiger partial charge in [0.25, 0.3) is 0 Å². The summed E-state index contributed by atoms with van der Waals surface area (Å²) in [6.45, 7) is 3.63. The zero-order valence-electron chi connectivity index (χ0n) is 11.0. The minimum absolute atomic E-state index is 0.354. The van der Waals surface area contributed by atoms with Gasteiger partial charge < -0.3 is 9.15 Å². The van der Waals surface area contributed by atoms with Gasteiger partial charge in [-0.3, -0.25) is 0 Å². The molecule has 4 heteroatoms. The van der Waals surface area contributed by atoms with E-state index < -0.39 is 0 Å². The first-order valence-electron chi connectivity index (χ1n) is 5.99. The molecule has 0 amide bonds. The van der Waals surface area contributed by atoms with E-state index in [4.69, 9.17) is 9.15 Å². The number of fused-ring (bicyclic) bond motifs is 2. The van der Waals surface area contributed by atoms with E-state index >= 15 is 0 Å². The van der Waals surface area contributed by atoms with Gasteiger partial charge in [-0.1, -0.05) is 6.07 Å². The predicted octanol–water partition coefficient (Wildman–Crippen LogP) is 2.97. The van der Waals surface area contributed by atoms with Crippen molar-refractivity contribution >= 4 is 21.8 Å². The van der Waals surface area contributed by atoms with Crippen LogP contribution in [-0.4, -0.2) is 12.1 Å². The van der Waals surface area contributed by atoms with Crippen LogP contribution in [0.2, 0.25) is 0 Å². The van der Waals surface area contributed by atoms with E-state index in [1.54, 1.807) is 20.1 Å². The maximum absolute atomic E-state index is 12.0. The Labute approximate surface area is 109 Å². The van der Waals surface area contributed by atoms with Gasteiger partial charge in [-0.05, 0) is 31.5 Å². The molecule has 96 valence electrons. The molecule has 0 N–H and O–H groups in total. The van der Waals surface area contributed by atoms with Crippen LogP contribution in [0, 0.1) is 13.8 Å². The number of benzene rings is 1. The number of rotatable bonds is 1. The quantitative estimate of drug-likeness (QED) is 0.627. The molecule has 0 saturated heterocycles. The molecule has 19 heavy (non-hydrogen) atoms. The molecule has 0 saturated carbocycles. The molecule has 0 fully saturated rings. The van der Waals surface area contributed by atoms with Crippen molar-refractivity contribution in [1.82, 2.24) is 4.98 Å². The first kappa shape index (κ1) is 11.7. The molecule has 0 bridgehead atoms. The first-order valence-corrected chi connectivity index (χ1v) is 5.99. The molecule has 0 atom stereocenters. The lowest BCUT2D eigenvalue weighted by molar-refractivity contribution is 0.419. The first-order chi connectivity index (χ1) is 9.11. The summed E-state index contributed by atoms with van der Waals surface area (Å²) in [5.74, 6) is 1.27. The zero-order valence-corrected chi connectivity index (χ0v) is 11.0. The van der Waals surface area contributed by atoms with Crippen molar-refractivity contribution in [1.29, 1.82) is 0 Å². The Bertz CT molecular complexity index is 849. The Balaban J connectivity index is 2.61. The minimum Gasteiger partial charge on any atom is -0.496 e. The molecule has 3 aromatic rings. The van der Waals surface area contributed by atoms with Gasteiger partial charge in [0.1, 0.15) is 11.5 Å². The monoisotopic (exact) mass is 255 g/mol. The number of aromatic nitrogens is 1. The lowest BCUT2D eigenvalue weighted by atomic mass is 10.0. The topological polar surface area (TPSA) is 52.3 Å². The second kappa shape index (κ2) is 4.09. The van der Waals surface area contributed by atoms with Crippen molar-refractivity contribution in [2.24, 2.45) is 0 Å². The van der Waals surface area contributed by atoms with Gasteiger partial charge in [-0.25, -0.2) is 9.78 Å². The normalized spacial score (nSPS) is 11.1. The van der Waals surface area contributed by atoms with E-state index in [1.807, 2.05) is 25.1 Å². The predicted molar refractivity (Wildman–Crippen MR) is 73.8 cm³/mol. The molecule has 0 unspecified atom stereocenters. The fourth-order valence-electron chi connectivity index (χ4n) is 2.44. The maximum atomic E-state index is 12.0. The molecular weight excluding hydrogens is 242 g/mol. The second-order valence-corrected chi connectivity index (χ2v) is 4.50. The highest BCUT2D eigenvalue weighted by atomic mass is 16.5. The van der Waals surface area contributed by atoms with Crippen LogP contribution < -0.4 is 10.4 Å². The average Bonchev–Trinajstić information content (AvgIpc) is 2.36. The summed E-state index contributed by atoms with van der Waals surface area (Å²) in [7, 11) is 1.61.